The number of methoxy groups -OCH3 is 1. The third kappa shape index (κ3) is 5.47. The fourth-order valence-corrected chi connectivity index (χ4v) is 3.04. The Morgan fingerprint density at radius 3 is 2.26 bits per heavy atom. The minimum atomic E-state index is -3.56. The van der Waals surface area contributed by atoms with Crippen LogP contribution in [0.2, 0.25) is 0 Å². The predicted octanol–water partition coefficient (Wildman–Crippen LogP) is 3.47. The lowest BCUT2D eigenvalue weighted by Crippen LogP contribution is -2.36. The molecule has 0 heterocycles. The van der Waals surface area contributed by atoms with Crippen LogP contribution in [0.3, 0.4) is 0 Å². The van der Waals surface area contributed by atoms with E-state index in [9.17, 15) is 13.2 Å². The second kappa shape index (κ2) is 8.90. The van der Waals surface area contributed by atoms with Crippen molar-refractivity contribution < 1.29 is 22.1 Å². The van der Waals surface area contributed by atoms with Gasteiger partial charge in [0.15, 0.2) is 0 Å². The molecular formula is C20H25NO5S. The maximum absolute atomic E-state index is 13.0. The molecule has 6 nitrogen and oxygen atoms in total. The van der Waals surface area contributed by atoms with Crippen molar-refractivity contribution in [2.24, 2.45) is 0 Å². The van der Waals surface area contributed by atoms with Crippen molar-refractivity contribution in [3.8, 4) is 11.5 Å². The molecule has 0 unspecified atom stereocenters. The monoisotopic (exact) mass is 391 g/mol. The highest BCUT2D eigenvalue weighted by atomic mass is 32.2. The van der Waals surface area contributed by atoms with E-state index in [4.69, 9.17) is 8.92 Å². The molecule has 0 bridgehead atoms. The van der Waals surface area contributed by atoms with Crippen molar-refractivity contribution in [3.63, 3.8) is 0 Å². The number of hydrogen-bond donors (Lipinski definition) is 0. The molecule has 2 aromatic carbocycles. The van der Waals surface area contributed by atoms with Gasteiger partial charge < -0.3 is 13.8 Å². The van der Waals surface area contributed by atoms with Gasteiger partial charge in [-0.1, -0.05) is 24.3 Å². The topological polar surface area (TPSA) is 72.9 Å². The van der Waals surface area contributed by atoms with Gasteiger partial charge in [0.25, 0.3) is 5.91 Å². The molecule has 0 spiro atoms. The molecule has 1 amide bonds. The van der Waals surface area contributed by atoms with Crippen LogP contribution in [0.1, 0.15) is 36.7 Å². The lowest BCUT2D eigenvalue weighted by atomic mass is 10.1. The summed E-state index contributed by atoms with van der Waals surface area (Å²) in [7, 11) is -2.02. The fourth-order valence-electron chi connectivity index (χ4n) is 2.52. The third-order valence-electron chi connectivity index (χ3n) is 4.07. The number of carbonyl (C=O) groups is 1. The van der Waals surface area contributed by atoms with E-state index >= 15 is 0 Å². The molecule has 0 N–H and O–H groups in total. The minimum Gasteiger partial charge on any atom is -0.496 e. The standard InChI is InChI=1S/C20H25NO5S/c1-5-27(23,24)26-17-12-10-16(11-13-17)14-21(15(2)3)20(22)18-8-6-7-9-19(18)25-4/h6-13,15H,5,14H2,1-4H3. The van der Waals surface area contributed by atoms with Crippen molar-refractivity contribution in [1.29, 1.82) is 0 Å². The zero-order valence-corrected chi connectivity index (χ0v) is 16.8. The first-order valence-electron chi connectivity index (χ1n) is 8.72. The molecule has 0 saturated heterocycles. The number of para-hydroxylation sites is 1. The smallest absolute Gasteiger partial charge is 0.308 e. The number of amides is 1. The first kappa shape index (κ1) is 20.8. The van der Waals surface area contributed by atoms with E-state index in [-0.39, 0.29) is 23.5 Å². The largest absolute Gasteiger partial charge is 0.496 e. The van der Waals surface area contributed by atoms with E-state index in [0.717, 1.165) is 5.56 Å². The number of ether oxygens (including phenoxy) is 1. The minimum absolute atomic E-state index is 0.0289. The van der Waals surface area contributed by atoms with Gasteiger partial charge in [0.1, 0.15) is 11.5 Å². The lowest BCUT2D eigenvalue weighted by molar-refractivity contribution is 0.0687. The number of benzene rings is 2. The van der Waals surface area contributed by atoms with E-state index in [1.807, 2.05) is 19.9 Å². The van der Waals surface area contributed by atoms with E-state index < -0.39 is 10.1 Å². The molecule has 0 aliphatic rings. The van der Waals surface area contributed by atoms with Crippen LogP contribution in [0.25, 0.3) is 0 Å². The van der Waals surface area contributed by atoms with Crippen LogP contribution in [0.15, 0.2) is 48.5 Å². The molecule has 0 aliphatic heterocycles. The van der Waals surface area contributed by atoms with E-state index in [0.29, 0.717) is 17.9 Å². The SMILES string of the molecule is CCS(=O)(=O)Oc1ccc(CN(C(=O)c2ccccc2OC)C(C)C)cc1. The summed E-state index contributed by atoms with van der Waals surface area (Å²) in [4.78, 5) is 14.7. The second-order valence-corrected chi connectivity index (χ2v) is 8.16. The predicted molar refractivity (Wildman–Crippen MR) is 105 cm³/mol. The summed E-state index contributed by atoms with van der Waals surface area (Å²) in [6.45, 7) is 5.79. The molecule has 0 saturated carbocycles. The first-order chi connectivity index (χ1) is 12.8. The van der Waals surface area contributed by atoms with Crippen LogP contribution in [0, 0.1) is 0 Å². The fraction of sp³-hybridized carbons (Fsp3) is 0.350. The van der Waals surface area contributed by atoms with Crippen LogP contribution >= 0.6 is 0 Å². The van der Waals surface area contributed by atoms with Crippen molar-refractivity contribution in [1.82, 2.24) is 4.90 Å². The van der Waals surface area contributed by atoms with Crippen molar-refractivity contribution >= 4 is 16.0 Å². The molecule has 27 heavy (non-hydrogen) atoms. The Morgan fingerprint density at radius 1 is 1.07 bits per heavy atom. The van der Waals surface area contributed by atoms with Crippen LogP contribution in [-0.2, 0) is 16.7 Å². The van der Waals surface area contributed by atoms with E-state index in [2.05, 4.69) is 0 Å². The van der Waals surface area contributed by atoms with Gasteiger partial charge in [-0.3, -0.25) is 4.79 Å². The van der Waals surface area contributed by atoms with Gasteiger partial charge in [-0.2, -0.15) is 8.42 Å². The number of rotatable bonds is 8. The Kier molecular flexibility index (Phi) is 6.85. The van der Waals surface area contributed by atoms with Gasteiger partial charge in [0.05, 0.1) is 18.4 Å². The maximum Gasteiger partial charge on any atom is 0.308 e. The summed E-state index contributed by atoms with van der Waals surface area (Å²) in [5.41, 5.74) is 1.37. The summed E-state index contributed by atoms with van der Waals surface area (Å²) in [5.74, 6) is 0.564. The molecule has 0 aromatic heterocycles. The molecule has 0 aliphatic carbocycles. The highest BCUT2D eigenvalue weighted by molar-refractivity contribution is 7.87. The van der Waals surface area contributed by atoms with Gasteiger partial charge in [-0.15, -0.1) is 0 Å². The third-order valence-corrected chi connectivity index (χ3v) is 5.23. The average molecular weight is 391 g/mol. The summed E-state index contributed by atoms with van der Waals surface area (Å²) >= 11 is 0. The summed E-state index contributed by atoms with van der Waals surface area (Å²) in [6.07, 6.45) is 0. The molecule has 146 valence electrons. The number of hydrogen-bond acceptors (Lipinski definition) is 5. The zero-order chi connectivity index (χ0) is 20.0. The second-order valence-electron chi connectivity index (χ2n) is 6.30. The van der Waals surface area contributed by atoms with Gasteiger partial charge in [0, 0.05) is 12.6 Å². The molecule has 0 radical (unpaired) electrons. The summed E-state index contributed by atoms with van der Waals surface area (Å²) in [6, 6.07) is 13.8. The van der Waals surface area contributed by atoms with Crippen LogP contribution < -0.4 is 8.92 Å². The van der Waals surface area contributed by atoms with Gasteiger partial charge in [-0.05, 0) is 50.6 Å². The molecule has 0 fully saturated rings. The highest BCUT2D eigenvalue weighted by Gasteiger charge is 2.22. The normalized spacial score (nSPS) is 11.3. The lowest BCUT2D eigenvalue weighted by Gasteiger charge is -2.27. The van der Waals surface area contributed by atoms with Gasteiger partial charge >= 0.3 is 10.1 Å². The number of carbonyl (C=O) groups excluding carboxylic acids is 1. The Bertz CT molecular complexity index is 876. The molecule has 2 rings (SSSR count). The Morgan fingerprint density at radius 2 is 1.70 bits per heavy atom. The highest BCUT2D eigenvalue weighted by Crippen LogP contribution is 2.22. The molecule has 0 atom stereocenters. The summed E-state index contributed by atoms with van der Waals surface area (Å²) in [5, 5.41) is 0. The van der Waals surface area contributed by atoms with Crippen molar-refractivity contribution in [2.45, 2.75) is 33.4 Å². The maximum atomic E-state index is 13.0. The molecule has 2 aromatic rings. The van der Waals surface area contributed by atoms with Crippen LogP contribution in [0.4, 0.5) is 0 Å². The quantitative estimate of drug-likeness (QED) is 0.644. The average Bonchev–Trinajstić information content (AvgIpc) is 2.66. The Labute approximate surface area is 160 Å². The van der Waals surface area contributed by atoms with E-state index in [1.165, 1.54) is 14.0 Å². The first-order valence-corrected chi connectivity index (χ1v) is 10.3. The molecule has 7 heteroatoms. The van der Waals surface area contributed by atoms with Gasteiger partial charge in [-0.25, -0.2) is 0 Å². The van der Waals surface area contributed by atoms with Crippen molar-refractivity contribution in [3.05, 3.63) is 59.7 Å². The summed E-state index contributed by atoms with van der Waals surface area (Å²) < 4.78 is 33.4. The van der Waals surface area contributed by atoms with Crippen LogP contribution in [-0.4, -0.2) is 38.1 Å². The Balaban J connectivity index is 2.20. The molecular weight excluding hydrogens is 366 g/mol. The van der Waals surface area contributed by atoms with Gasteiger partial charge in [0.2, 0.25) is 0 Å². The van der Waals surface area contributed by atoms with E-state index in [1.54, 1.807) is 47.4 Å². The Hall–Kier alpha value is -2.54. The zero-order valence-electron chi connectivity index (χ0n) is 16.0. The number of nitrogens with zero attached hydrogens (tertiary/aromatic N) is 1. The van der Waals surface area contributed by atoms with Crippen LogP contribution in [0.5, 0.6) is 11.5 Å². The van der Waals surface area contributed by atoms with Crippen molar-refractivity contribution in [2.75, 3.05) is 12.9 Å².